The third-order valence-electron chi connectivity index (χ3n) is 0.948. The third kappa shape index (κ3) is 1.55. The van der Waals surface area contributed by atoms with Gasteiger partial charge in [0.2, 0.25) is 0 Å². The lowest BCUT2D eigenvalue weighted by Crippen LogP contribution is -1.92. The molecule has 0 saturated carbocycles. The van der Waals surface area contributed by atoms with E-state index in [2.05, 4.69) is 4.74 Å². The van der Waals surface area contributed by atoms with Crippen LogP contribution in [0.3, 0.4) is 0 Å². The van der Waals surface area contributed by atoms with E-state index < -0.39 is 5.97 Å². The van der Waals surface area contributed by atoms with Crippen molar-refractivity contribution < 1.29 is 14.3 Å². The van der Waals surface area contributed by atoms with Gasteiger partial charge in [0.15, 0.2) is 5.78 Å². The molecule has 1 heterocycles. The number of carbonyl (C=O) groups is 2. The van der Waals surface area contributed by atoms with Crippen molar-refractivity contribution in [3.8, 4) is 0 Å². The zero-order chi connectivity index (χ0) is 7.56. The first kappa shape index (κ1) is 6.74. The lowest BCUT2D eigenvalue weighted by Gasteiger charge is -1.90. The first-order valence-corrected chi connectivity index (χ1v) is 2.80. The summed E-state index contributed by atoms with van der Waals surface area (Å²) in [6.07, 6.45) is 4.00. The van der Waals surface area contributed by atoms with E-state index >= 15 is 0 Å². The van der Waals surface area contributed by atoms with Gasteiger partial charge in [-0.25, -0.2) is 4.79 Å². The Balaban J connectivity index is 2.70. The summed E-state index contributed by atoms with van der Waals surface area (Å²) in [6, 6.07) is 0. The van der Waals surface area contributed by atoms with Crippen LogP contribution in [0.5, 0.6) is 0 Å². The minimum atomic E-state index is -0.424. The van der Waals surface area contributed by atoms with Crippen molar-refractivity contribution in [3.63, 3.8) is 0 Å². The molecule has 0 atom stereocenters. The number of cyclic esters (lactones) is 1. The van der Waals surface area contributed by atoms with Crippen LogP contribution in [0, 0.1) is 0 Å². The second kappa shape index (κ2) is 2.47. The second-order valence-corrected chi connectivity index (χ2v) is 1.91. The van der Waals surface area contributed by atoms with Gasteiger partial charge >= 0.3 is 5.97 Å². The molecule has 3 heteroatoms. The van der Waals surface area contributed by atoms with Crippen LogP contribution in [0.4, 0.5) is 0 Å². The van der Waals surface area contributed by atoms with E-state index in [1.807, 2.05) is 0 Å². The smallest absolute Gasteiger partial charge is 0.336 e. The molecular formula is C7H6O3. The van der Waals surface area contributed by atoms with Crippen LogP contribution in [-0.2, 0) is 14.3 Å². The maximum Gasteiger partial charge on any atom is 0.336 e. The molecule has 0 radical (unpaired) electrons. The number of carbonyl (C=O) groups excluding carboxylic acids is 2. The normalized spacial score (nSPS) is 19.7. The maximum atomic E-state index is 10.4. The predicted molar refractivity (Wildman–Crippen MR) is 34.0 cm³/mol. The average Bonchev–Trinajstić information content (AvgIpc) is 2.13. The quantitative estimate of drug-likeness (QED) is 0.393. The van der Waals surface area contributed by atoms with Crippen molar-refractivity contribution in [3.05, 3.63) is 24.0 Å². The summed E-state index contributed by atoms with van der Waals surface area (Å²) in [5.41, 5.74) is 0. The maximum absolute atomic E-state index is 10.4. The second-order valence-electron chi connectivity index (χ2n) is 1.91. The summed E-state index contributed by atoms with van der Waals surface area (Å²) in [5.74, 6) is -0.237. The predicted octanol–water partition coefficient (Wildman–Crippen LogP) is 0.572. The third-order valence-corrected chi connectivity index (χ3v) is 0.948. The minimum Gasteiger partial charge on any atom is -0.423 e. The fourth-order valence-corrected chi connectivity index (χ4v) is 0.612. The van der Waals surface area contributed by atoms with E-state index in [1.165, 1.54) is 25.2 Å². The number of rotatable bonds is 1. The largest absolute Gasteiger partial charge is 0.423 e. The molecule has 0 amide bonds. The number of ether oxygens (including phenoxy) is 1. The highest BCUT2D eigenvalue weighted by Crippen LogP contribution is 2.07. The van der Waals surface area contributed by atoms with Crippen molar-refractivity contribution in [1.29, 1.82) is 0 Å². The van der Waals surface area contributed by atoms with Crippen molar-refractivity contribution in [2.75, 3.05) is 0 Å². The van der Waals surface area contributed by atoms with Gasteiger partial charge in [-0.05, 0) is 13.0 Å². The number of esters is 1. The summed E-state index contributed by atoms with van der Waals surface area (Å²) < 4.78 is 4.56. The van der Waals surface area contributed by atoms with E-state index in [0.717, 1.165) is 0 Å². The van der Waals surface area contributed by atoms with Crippen LogP contribution < -0.4 is 0 Å². The van der Waals surface area contributed by atoms with Gasteiger partial charge in [0.05, 0.1) is 0 Å². The first-order chi connectivity index (χ1) is 4.68. The Morgan fingerprint density at radius 3 is 2.70 bits per heavy atom. The van der Waals surface area contributed by atoms with Crippen molar-refractivity contribution in [2.24, 2.45) is 0 Å². The Hall–Kier alpha value is -1.38. The van der Waals surface area contributed by atoms with Crippen LogP contribution in [0.15, 0.2) is 24.0 Å². The molecule has 1 aliphatic heterocycles. The number of allylic oxidation sites excluding steroid dienone is 2. The summed E-state index contributed by atoms with van der Waals surface area (Å²) >= 11 is 0. The van der Waals surface area contributed by atoms with E-state index in [-0.39, 0.29) is 5.78 Å². The molecule has 0 bridgehead atoms. The molecular weight excluding hydrogens is 132 g/mol. The van der Waals surface area contributed by atoms with Crippen LogP contribution >= 0.6 is 0 Å². The monoisotopic (exact) mass is 138 g/mol. The van der Waals surface area contributed by atoms with E-state index in [4.69, 9.17) is 0 Å². The molecule has 0 aromatic carbocycles. The van der Waals surface area contributed by atoms with Crippen LogP contribution in [-0.4, -0.2) is 11.8 Å². The van der Waals surface area contributed by atoms with Crippen LogP contribution in [0.25, 0.3) is 0 Å². The van der Waals surface area contributed by atoms with E-state index in [0.29, 0.717) is 5.76 Å². The van der Waals surface area contributed by atoms with Crippen LogP contribution in [0.1, 0.15) is 6.92 Å². The highest BCUT2D eigenvalue weighted by atomic mass is 16.5. The van der Waals surface area contributed by atoms with Crippen molar-refractivity contribution >= 4 is 11.8 Å². The first-order valence-electron chi connectivity index (χ1n) is 2.80. The fraction of sp³-hybridized carbons (Fsp3) is 0.143. The zero-order valence-corrected chi connectivity index (χ0v) is 5.46. The standard InChI is InChI=1S/C7H6O3/c1-5(8)4-6-2-3-7(9)10-6/h2-4H,1H3/b6-4+. The number of hydrogen-bond donors (Lipinski definition) is 0. The number of ketones is 1. The van der Waals surface area contributed by atoms with Gasteiger partial charge in [0.1, 0.15) is 5.76 Å². The van der Waals surface area contributed by atoms with Gasteiger partial charge < -0.3 is 4.74 Å². The van der Waals surface area contributed by atoms with Gasteiger partial charge in [0.25, 0.3) is 0 Å². The highest BCUT2D eigenvalue weighted by molar-refractivity contribution is 5.92. The Labute approximate surface area is 58.0 Å². The summed E-state index contributed by atoms with van der Waals surface area (Å²) in [4.78, 5) is 20.8. The molecule has 0 aromatic rings. The van der Waals surface area contributed by atoms with Gasteiger partial charge in [-0.3, -0.25) is 4.79 Å². The Kier molecular flexibility index (Phi) is 1.67. The average molecular weight is 138 g/mol. The summed E-state index contributed by atoms with van der Waals surface area (Å²) in [5, 5.41) is 0. The molecule has 0 fully saturated rings. The summed E-state index contributed by atoms with van der Waals surface area (Å²) in [7, 11) is 0. The molecule has 3 nitrogen and oxygen atoms in total. The van der Waals surface area contributed by atoms with Gasteiger partial charge in [0, 0.05) is 12.2 Å². The van der Waals surface area contributed by atoms with Crippen molar-refractivity contribution in [2.45, 2.75) is 6.92 Å². The molecule has 1 rings (SSSR count). The van der Waals surface area contributed by atoms with E-state index in [1.54, 1.807) is 0 Å². The molecule has 0 saturated heterocycles. The number of hydrogen-bond acceptors (Lipinski definition) is 3. The molecule has 10 heavy (non-hydrogen) atoms. The summed E-state index contributed by atoms with van der Waals surface area (Å²) in [6.45, 7) is 1.40. The molecule has 0 unspecified atom stereocenters. The SMILES string of the molecule is CC(=O)/C=C1\C=CC(=O)O1. The molecule has 0 aromatic heterocycles. The fourth-order valence-electron chi connectivity index (χ4n) is 0.612. The lowest BCUT2D eigenvalue weighted by molar-refractivity contribution is -0.132. The Morgan fingerprint density at radius 1 is 1.60 bits per heavy atom. The van der Waals surface area contributed by atoms with E-state index in [9.17, 15) is 9.59 Å². The Morgan fingerprint density at radius 2 is 2.30 bits per heavy atom. The molecule has 52 valence electrons. The minimum absolute atomic E-state index is 0.130. The lowest BCUT2D eigenvalue weighted by atomic mass is 10.3. The molecule has 1 aliphatic rings. The van der Waals surface area contributed by atoms with Gasteiger partial charge in [-0.15, -0.1) is 0 Å². The molecule has 0 spiro atoms. The molecule has 0 N–H and O–H groups in total. The van der Waals surface area contributed by atoms with Crippen LogP contribution in [0.2, 0.25) is 0 Å². The molecule has 0 aliphatic carbocycles. The zero-order valence-electron chi connectivity index (χ0n) is 5.46. The Bertz CT molecular complexity index is 235. The van der Waals surface area contributed by atoms with Crippen molar-refractivity contribution in [1.82, 2.24) is 0 Å². The topological polar surface area (TPSA) is 43.4 Å². The highest BCUT2D eigenvalue weighted by Gasteiger charge is 2.08. The van der Waals surface area contributed by atoms with Gasteiger partial charge in [-0.1, -0.05) is 0 Å². The van der Waals surface area contributed by atoms with Gasteiger partial charge in [-0.2, -0.15) is 0 Å².